The Balaban J connectivity index is 0.00000205. The molecular formula is C22H16NNaO5. The van der Waals surface area contributed by atoms with Crippen LogP contribution in [0, 0.1) is 5.92 Å². The zero-order chi connectivity index (χ0) is 19.7. The number of carbonyl (C=O) groups is 3. The quantitative estimate of drug-likeness (QED) is 0.406. The molecule has 0 aromatic heterocycles. The van der Waals surface area contributed by atoms with E-state index in [0.29, 0.717) is 28.7 Å². The van der Waals surface area contributed by atoms with Gasteiger partial charge in [-0.25, -0.2) is 0 Å². The second kappa shape index (κ2) is 6.92. The van der Waals surface area contributed by atoms with Crippen LogP contribution in [0.4, 0.5) is 0 Å². The van der Waals surface area contributed by atoms with Gasteiger partial charge in [0.05, 0.1) is 29.7 Å². The molecule has 1 aliphatic carbocycles. The van der Waals surface area contributed by atoms with Crippen LogP contribution in [0.1, 0.15) is 34.8 Å². The van der Waals surface area contributed by atoms with Crippen molar-refractivity contribution in [3.05, 3.63) is 64.9 Å². The third-order valence-electron chi connectivity index (χ3n) is 6.00. The Labute approximate surface area is 189 Å². The number of rotatable bonds is 3. The van der Waals surface area contributed by atoms with E-state index in [0.717, 1.165) is 11.1 Å². The number of benzene rings is 2. The maximum absolute atomic E-state index is 12.8. The molecular weight excluding hydrogens is 381 g/mol. The fourth-order valence-electron chi connectivity index (χ4n) is 4.73. The number of aliphatic carboxylic acids is 1. The fraction of sp³-hybridized carbons (Fsp3) is 0.227. The monoisotopic (exact) mass is 397 g/mol. The van der Waals surface area contributed by atoms with Crippen molar-refractivity contribution in [1.29, 1.82) is 0 Å². The van der Waals surface area contributed by atoms with Crippen molar-refractivity contribution in [1.82, 2.24) is 4.90 Å². The zero-order valence-electron chi connectivity index (χ0n) is 16.0. The number of hydrogen-bond donors (Lipinski definition) is 1. The first-order chi connectivity index (χ1) is 13.4. The smallest absolute Gasteiger partial charge is 0.543 e. The molecule has 0 bridgehead atoms. The Morgan fingerprint density at radius 2 is 1.76 bits per heavy atom. The number of aliphatic hydroxyl groups excluding tert-OH is 1. The summed E-state index contributed by atoms with van der Waals surface area (Å²) in [5.74, 6) is -2.54. The number of amides is 1. The second-order valence-electron chi connectivity index (χ2n) is 7.50. The number of hydrogen-bond acceptors (Lipinski definition) is 5. The van der Waals surface area contributed by atoms with E-state index in [1.807, 2.05) is 24.3 Å². The Hall–Kier alpha value is -2.25. The van der Waals surface area contributed by atoms with Crippen LogP contribution in [0.3, 0.4) is 0 Å². The van der Waals surface area contributed by atoms with Crippen molar-refractivity contribution in [2.45, 2.75) is 25.5 Å². The zero-order valence-corrected chi connectivity index (χ0v) is 18.0. The molecule has 1 saturated heterocycles. The molecule has 140 valence electrons. The molecule has 2 aromatic carbocycles. The predicted octanol–water partition coefficient (Wildman–Crippen LogP) is -2.03. The van der Waals surface area contributed by atoms with Crippen molar-refractivity contribution in [2.24, 2.45) is 5.92 Å². The van der Waals surface area contributed by atoms with Gasteiger partial charge in [-0.05, 0) is 41.7 Å². The molecule has 7 heteroatoms. The van der Waals surface area contributed by atoms with E-state index in [1.54, 1.807) is 18.2 Å². The number of ketones is 1. The number of carboxylic acid groups (broad SMARTS) is 1. The topological polar surface area (TPSA) is 97.7 Å². The van der Waals surface area contributed by atoms with E-state index in [2.05, 4.69) is 0 Å². The first kappa shape index (κ1) is 20.0. The molecule has 1 fully saturated rings. The largest absolute Gasteiger partial charge is 1.00 e. The number of nitrogens with zero attached hydrogens (tertiary/aromatic N) is 1. The first-order valence-electron chi connectivity index (χ1n) is 9.14. The Kier molecular flexibility index (Phi) is 4.78. The third kappa shape index (κ3) is 2.67. The Morgan fingerprint density at radius 1 is 1.10 bits per heavy atom. The van der Waals surface area contributed by atoms with E-state index < -0.39 is 29.9 Å². The Morgan fingerprint density at radius 3 is 2.41 bits per heavy atom. The second-order valence-corrected chi connectivity index (χ2v) is 7.50. The average Bonchev–Trinajstić information content (AvgIpc) is 3.15. The molecule has 2 heterocycles. The molecule has 29 heavy (non-hydrogen) atoms. The summed E-state index contributed by atoms with van der Waals surface area (Å²) in [6, 6.07) is 12.2. The van der Waals surface area contributed by atoms with Crippen LogP contribution < -0.4 is 34.7 Å². The van der Waals surface area contributed by atoms with Crippen LogP contribution in [0.25, 0.3) is 16.7 Å². The first-order valence-corrected chi connectivity index (χ1v) is 9.14. The van der Waals surface area contributed by atoms with E-state index in [-0.39, 0.29) is 41.0 Å². The van der Waals surface area contributed by atoms with E-state index >= 15 is 0 Å². The summed E-state index contributed by atoms with van der Waals surface area (Å²) in [5, 5.41) is 21.6. The normalized spacial score (nSPS) is 22.5. The summed E-state index contributed by atoms with van der Waals surface area (Å²) in [6.07, 6.45) is -0.544. The molecule has 0 saturated carbocycles. The SMILES string of the molecule is C[C@@H](O)[C@H]1C(=O)N2C(C(=O)[O-])=C(c3ccc4c(c3)C(=O)c3ccccc3-4)C[C@H]12.[Na+]. The van der Waals surface area contributed by atoms with Gasteiger partial charge in [0.2, 0.25) is 5.91 Å². The molecule has 1 amide bonds. The van der Waals surface area contributed by atoms with Gasteiger partial charge in [0.15, 0.2) is 5.78 Å². The van der Waals surface area contributed by atoms with Gasteiger partial charge >= 0.3 is 29.6 Å². The molecule has 2 aliphatic heterocycles. The van der Waals surface area contributed by atoms with Crippen molar-refractivity contribution in [2.75, 3.05) is 0 Å². The minimum Gasteiger partial charge on any atom is -0.543 e. The predicted molar refractivity (Wildman–Crippen MR) is 97.7 cm³/mol. The van der Waals surface area contributed by atoms with E-state index in [1.165, 1.54) is 11.8 Å². The minimum absolute atomic E-state index is 0. The van der Waals surface area contributed by atoms with Crippen molar-refractivity contribution < 1.29 is 54.2 Å². The molecule has 6 nitrogen and oxygen atoms in total. The molecule has 0 spiro atoms. The minimum atomic E-state index is -1.43. The van der Waals surface area contributed by atoms with Gasteiger partial charge in [-0.15, -0.1) is 0 Å². The van der Waals surface area contributed by atoms with Crippen LogP contribution in [0.5, 0.6) is 0 Å². The summed E-state index contributed by atoms with van der Waals surface area (Å²) in [7, 11) is 0. The number of carbonyl (C=O) groups excluding carboxylic acids is 3. The van der Waals surface area contributed by atoms with Crippen LogP contribution in [-0.4, -0.2) is 39.8 Å². The van der Waals surface area contributed by atoms with Crippen LogP contribution >= 0.6 is 0 Å². The number of β-lactam (4-membered cyclic amide) rings is 1. The van der Waals surface area contributed by atoms with Gasteiger partial charge in [0, 0.05) is 11.1 Å². The molecule has 3 aliphatic rings. The molecule has 1 N–H and O–H groups in total. The van der Waals surface area contributed by atoms with E-state index in [4.69, 9.17) is 0 Å². The molecule has 5 rings (SSSR count). The Bertz CT molecular complexity index is 1120. The van der Waals surface area contributed by atoms with Gasteiger partial charge in [0.25, 0.3) is 0 Å². The van der Waals surface area contributed by atoms with Gasteiger partial charge in [-0.2, -0.15) is 0 Å². The summed E-state index contributed by atoms with van der Waals surface area (Å²) in [4.78, 5) is 38.1. The summed E-state index contributed by atoms with van der Waals surface area (Å²) >= 11 is 0. The summed E-state index contributed by atoms with van der Waals surface area (Å²) in [5.41, 5.74) is 3.73. The van der Waals surface area contributed by atoms with Crippen LogP contribution in [0.15, 0.2) is 48.2 Å². The average molecular weight is 397 g/mol. The van der Waals surface area contributed by atoms with Gasteiger partial charge in [-0.3, -0.25) is 9.59 Å². The van der Waals surface area contributed by atoms with Crippen LogP contribution in [-0.2, 0) is 9.59 Å². The van der Waals surface area contributed by atoms with Crippen molar-refractivity contribution in [3.63, 3.8) is 0 Å². The van der Waals surface area contributed by atoms with E-state index in [9.17, 15) is 24.6 Å². The summed E-state index contributed by atoms with van der Waals surface area (Å²) in [6.45, 7) is 1.53. The fourth-order valence-corrected chi connectivity index (χ4v) is 4.73. The summed E-state index contributed by atoms with van der Waals surface area (Å²) < 4.78 is 0. The number of carboxylic acids is 1. The third-order valence-corrected chi connectivity index (χ3v) is 6.00. The maximum atomic E-state index is 12.8. The van der Waals surface area contributed by atoms with Gasteiger partial charge in [-0.1, -0.05) is 36.4 Å². The molecule has 0 radical (unpaired) electrons. The van der Waals surface area contributed by atoms with Crippen molar-refractivity contribution >= 4 is 23.2 Å². The molecule has 3 atom stereocenters. The molecule has 2 aromatic rings. The number of fused-ring (bicyclic) bond motifs is 4. The number of aliphatic hydroxyl groups is 1. The standard InChI is InChI=1S/C22H17NO5.Na/c1-10(24)18-17-9-15(19(22(27)28)23(17)21(18)26)11-6-7-13-12-4-2-3-5-14(12)20(25)16(13)8-11;/h2-8,10,17-18,24H,9H2,1H3,(H,27,28);/q;+1/p-1/t10-,17-,18-;/m1./s1. The van der Waals surface area contributed by atoms with Crippen molar-refractivity contribution in [3.8, 4) is 11.1 Å². The van der Waals surface area contributed by atoms with Crippen LogP contribution in [0.2, 0.25) is 0 Å². The van der Waals surface area contributed by atoms with Gasteiger partial charge < -0.3 is 19.9 Å². The van der Waals surface area contributed by atoms with Gasteiger partial charge in [0.1, 0.15) is 0 Å². The molecule has 0 unspecified atom stereocenters. The maximum Gasteiger partial charge on any atom is 1.00 e.